The minimum atomic E-state index is -2.77. The summed E-state index contributed by atoms with van der Waals surface area (Å²) in [5, 5.41) is 14.2. The third-order valence-electron chi connectivity index (χ3n) is 4.88. The lowest BCUT2D eigenvalue weighted by Gasteiger charge is -2.27. The number of carbonyl (C=O) groups is 1. The van der Waals surface area contributed by atoms with Gasteiger partial charge in [-0.3, -0.25) is 9.59 Å². The number of phenolic OH excluding ortho intramolecular Hbond substituents is 1. The van der Waals surface area contributed by atoms with Crippen LogP contribution in [0.5, 0.6) is 5.75 Å². The van der Waals surface area contributed by atoms with Gasteiger partial charge in [0.1, 0.15) is 11.3 Å². The predicted molar refractivity (Wildman–Crippen MR) is 119 cm³/mol. The number of aromatic amines is 1. The number of aromatic nitrogens is 1. The molecule has 6 nitrogen and oxygen atoms in total. The summed E-state index contributed by atoms with van der Waals surface area (Å²) in [5.74, 6) is -0.630. The van der Waals surface area contributed by atoms with Crippen LogP contribution in [0.1, 0.15) is 36.7 Å². The summed E-state index contributed by atoms with van der Waals surface area (Å²) in [4.78, 5) is 39.1. The summed E-state index contributed by atoms with van der Waals surface area (Å²) < 4.78 is 0. The van der Waals surface area contributed by atoms with E-state index < -0.39 is 14.2 Å². The van der Waals surface area contributed by atoms with Gasteiger partial charge in [-0.2, -0.15) is 0 Å². The van der Waals surface area contributed by atoms with Gasteiger partial charge >= 0.3 is 0 Å². The minimum Gasteiger partial charge on any atom is -0.508 e. The first-order valence-corrected chi connectivity index (χ1v) is 12.4. The highest BCUT2D eigenvalue weighted by Gasteiger charge is 2.29. The number of phenols is 1. The van der Waals surface area contributed by atoms with E-state index in [1.807, 2.05) is 26.8 Å². The number of para-hydroxylation sites is 1. The fourth-order valence-corrected chi connectivity index (χ4v) is 4.52. The largest absolute Gasteiger partial charge is 0.508 e. The number of amides is 1. The smallest absolute Gasteiger partial charge is 0.261 e. The van der Waals surface area contributed by atoms with Gasteiger partial charge in [0.2, 0.25) is 13.7 Å². The van der Waals surface area contributed by atoms with Gasteiger partial charge in [-0.15, -0.1) is 0 Å². The van der Waals surface area contributed by atoms with Crippen LogP contribution in [-0.4, -0.2) is 29.1 Å². The van der Waals surface area contributed by atoms with E-state index in [1.165, 1.54) is 12.3 Å². The van der Waals surface area contributed by atoms with Gasteiger partial charge in [0.05, 0.1) is 0 Å². The average molecular weight is 411 g/mol. The molecule has 2 aromatic carbocycles. The zero-order chi connectivity index (χ0) is 21.6. The van der Waals surface area contributed by atoms with Crippen molar-refractivity contribution in [1.82, 2.24) is 4.98 Å². The Morgan fingerprint density at radius 1 is 1.14 bits per heavy atom. The number of aromatic hydroxyl groups is 1. The van der Waals surface area contributed by atoms with E-state index in [0.717, 1.165) is 5.56 Å². The van der Waals surface area contributed by atoms with Gasteiger partial charge in [0.25, 0.3) is 5.91 Å². The number of carbonyl (C=O) groups excluding carboxylic acids is 1. The molecule has 4 N–H and O–H groups in total. The lowest BCUT2D eigenvalue weighted by Crippen LogP contribution is -2.42. The molecular formula is C22H26N2O4Si. The van der Waals surface area contributed by atoms with Crippen molar-refractivity contribution in [2.75, 3.05) is 5.32 Å². The molecule has 3 aromatic rings. The molecule has 1 amide bonds. The maximum atomic E-state index is 12.9. The number of fused-ring (bicyclic) bond motifs is 1. The molecule has 0 aliphatic heterocycles. The second kappa shape index (κ2) is 7.17. The minimum absolute atomic E-state index is 0.0102. The van der Waals surface area contributed by atoms with Gasteiger partial charge in [-0.05, 0) is 36.2 Å². The summed E-state index contributed by atoms with van der Waals surface area (Å²) >= 11 is 0. The molecule has 0 aliphatic carbocycles. The van der Waals surface area contributed by atoms with Crippen LogP contribution in [0.15, 0.2) is 47.4 Å². The number of hydrogen-bond acceptors (Lipinski definition) is 4. The molecule has 7 heteroatoms. The highest BCUT2D eigenvalue weighted by molar-refractivity contribution is 6.84. The maximum absolute atomic E-state index is 12.9. The van der Waals surface area contributed by atoms with Gasteiger partial charge in [-0.1, -0.05) is 39.0 Å². The number of pyridine rings is 1. The zero-order valence-electron chi connectivity index (χ0n) is 17.3. The molecule has 152 valence electrons. The van der Waals surface area contributed by atoms with Crippen LogP contribution in [0.4, 0.5) is 5.69 Å². The molecule has 0 bridgehead atoms. The quantitative estimate of drug-likeness (QED) is 0.498. The molecule has 0 spiro atoms. The van der Waals surface area contributed by atoms with Crippen molar-refractivity contribution >= 4 is 36.0 Å². The van der Waals surface area contributed by atoms with Gasteiger partial charge in [0.15, 0.2) is 0 Å². The highest BCUT2D eigenvalue weighted by atomic mass is 28.4. The monoisotopic (exact) mass is 410 g/mol. The number of benzene rings is 2. The van der Waals surface area contributed by atoms with Crippen molar-refractivity contribution in [3.8, 4) is 5.75 Å². The van der Waals surface area contributed by atoms with E-state index in [9.17, 15) is 19.5 Å². The van der Waals surface area contributed by atoms with Crippen LogP contribution in [0.2, 0.25) is 13.1 Å². The van der Waals surface area contributed by atoms with E-state index in [1.54, 1.807) is 37.4 Å². The van der Waals surface area contributed by atoms with Crippen molar-refractivity contribution in [3.05, 3.63) is 63.9 Å². The van der Waals surface area contributed by atoms with E-state index in [2.05, 4.69) is 10.3 Å². The van der Waals surface area contributed by atoms with Gasteiger partial charge in [-0.25, -0.2) is 0 Å². The second-order valence-electron chi connectivity index (χ2n) is 8.76. The maximum Gasteiger partial charge on any atom is 0.261 e. The van der Waals surface area contributed by atoms with Crippen LogP contribution in [0.3, 0.4) is 0 Å². The highest BCUT2D eigenvalue weighted by Crippen LogP contribution is 2.32. The standard InChI is InChI=1S/C22H26N2O4Si/c1-22(2,3)15-10-19(29(4,5)28)18(25)11-17(15)24-21(27)14-12-23-16-9-7-6-8-13(16)20(14)26/h6-12,25,28H,1-5H3,(H,23,26)(H,24,27). The Bertz CT molecular complexity index is 1150. The predicted octanol–water partition coefficient (Wildman–Crippen LogP) is 3.19. The van der Waals surface area contributed by atoms with E-state index in [-0.39, 0.29) is 22.2 Å². The zero-order valence-corrected chi connectivity index (χ0v) is 18.3. The number of nitrogens with one attached hydrogen (secondary N) is 2. The third kappa shape index (κ3) is 4.11. The summed E-state index contributed by atoms with van der Waals surface area (Å²) in [6, 6.07) is 10.2. The molecule has 0 fully saturated rings. The summed E-state index contributed by atoms with van der Waals surface area (Å²) in [7, 11) is -2.77. The molecule has 0 unspecified atom stereocenters. The molecule has 1 heterocycles. The molecule has 0 radical (unpaired) electrons. The number of hydrogen-bond donors (Lipinski definition) is 4. The lowest BCUT2D eigenvalue weighted by molar-refractivity contribution is 0.102. The first kappa shape index (κ1) is 20.8. The average Bonchev–Trinajstić information content (AvgIpc) is 2.60. The number of H-pyrrole nitrogens is 1. The van der Waals surface area contributed by atoms with Crippen molar-refractivity contribution in [3.63, 3.8) is 0 Å². The van der Waals surface area contributed by atoms with Crippen LogP contribution in [0, 0.1) is 0 Å². The molecule has 3 rings (SSSR count). The van der Waals surface area contributed by atoms with Crippen LogP contribution >= 0.6 is 0 Å². The van der Waals surface area contributed by atoms with E-state index in [4.69, 9.17) is 0 Å². The molecule has 0 saturated heterocycles. The number of rotatable bonds is 3. The Morgan fingerprint density at radius 3 is 2.41 bits per heavy atom. The van der Waals surface area contributed by atoms with Crippen LogP contribution in [0.25, 0.3) is 10.9 Å². The molecular weight excluding hydrogens is 384 g/mol. The fourth-order valence-electron chi connectivity index (χ4n) is 3.33. The van der Waals surface area contributed by atoms with Crippen molar-refractivity contribution < 1.29 is 14.7 Å². The SMILES string of the molecule is CC(C)(C)c1cc([Si](C)(C)O)c(O)cc1NC(=O)c1c[nH]c2ccccc2c1=O. The Balaban J connectivity index is 2.08. The first-order chi connectivity index (χ1) is 13.4. The molecule has 1 aromatic heterocycles. The topological polar surface area (TPSA) is 102 Å². The summed E-state index contributed by atoms with van der Waals surface area (Å²) in [6.07, 6.45) is 1.40. The lowest BCUT2D eigenvalue weighted by atomic mass is 9.85. The number of anilines is 1. The Morgan fingerprint density at radius 2 is 1.79 bits per heavy atom. The van der Waals surface area contributed by atoms with Gasteiger partial charge < -0.3 is 20.2 Å². The Hall–Kier alpha value is -2.90. The van der Waals surface area contributed by atoms with Crippen LogP contribution in [-0.2, 0) is 5.41 Å². The Kier molecular flexibility index (Phi) is 5.14. The van der Waals surface area contributed by atoms with Crippen LogP contribution < -0.4 is 15.9 Å². The molecule has 0 aliphatic rings. The van der Waals surface area contributed by atoms with E-state index >= 15 is 0 Å². The van der Waals surface area contributed by atoms with Crippen molar-refractivity contribution in [1.29, 1.82) is 0 Å². The molecule has 29 heavy (non-hydrogen) atoms. The molecule has 0 saturated carbocycles. The first-order valence-electron chi connectivity index (χ1n) is 9.41. The molecule has 0 atom stereocenters. The summed E-state index contributed by atoms with van der Waals surface area (Å²) in [5.41, 5.74) is 1.10. The van der Waals surface area contributed by atoms with Crippen molar-refractivity contribution in [2.45, 2.75) is 39.3 Å². The Labute approximate surface area is 170 Å². The third-order valence-corrected chi connectivity index (χ3v) is 6.60. The fraction of sp³-hybridized carbons (Fsp3) is 0.273. The van der Waals surface area contributed by atoms with Gasteiger partial charge in [0, 0.05) is 34.0 Å². The van der Waals surface area contributed by atoms with E-state index in [0.29, 0.717) is 21.8 Å². The second-order valence-corrected chi connectivity index (χ2v) is 12.4. The van der Waals surface area contributed by atoms with Crippen molar-refractivity contribution in [2.24, 2.45) is 0 Å². The summed E-state index contributed by atoms with van der Waals surface area (Å²) in [6.45, 7) is 9.39. The normalized spacial score (nSPS) is 12.2.